The maximum Gasteiger partial charge on any atom is 0.350 e. The Balaban J connectivity index is 2.01. The van der Waals surface area contributed by atoms with Gasteiger partial charge < -0.3 is 9.64 Å². The van der Waals surface area contributed by atoms with Crippen LogP contribution in [0.5, 0.6) is 0 Å². The smallest absolute Gasteiger partial charge is 0.350 e. The molecule has 0 radical (unpaired) electrons. The van der Waals surface area contributed by atoms with Gasteiger partial charge in [-0.05, 0) is 58.4 Å². The zero-order chi connectivity index (χ0) is 20.3. The van der Waals surface area contributed by atoms with Crippen molar-refractivity contribution in [2.75, 3.05) is 12.0 Å². The number of nitrogens with zero attached hydrogens (tertiary/aromatic N) is 1. The van der Waals surface area contributed by atoms with E-state index in [1.807, 2.05) is 11.0 Å². The van der Waals surface area contributed by atoms with Crippen molar-refractivity contribution in [2.24, 2.45) is 11.3 Å². The molecule has 2 aliphatic rings. The minimum Gasteiger partial charge on any atom is -0.465 e. The Morgan fingerprint density at radius 2 is 1.89 bits per heavy atom. The normalized spacial score (nSPS) is 21.2. The summed E-state index contributed by atoms with van der Waals surface area (Å²) in [5, 5.41) is 0. The van der Waals surface area contributed by atoms with Crippen molar-refractivity contribution in [2.45, 2.75) is 78.2 Å². The summed E-state index contributed by atoms with van der Waals surface area (Å²) >= 11 is 1.34. The predicted molar refractivity (Wildman–Crippen MR) is 114 cm³/mol. The zero-order valence-electron chi connectivity index (χ0n) is 17.5. The number of ether oxygens (including phenoxy) is 1. The summed E-state index contributed by atoms with van der Waals surface area (Å²) in [6, 6.07) is 2.11. The average Bonchev–Trinajstić information content (AvgIpc) is 3.09. The standard InChI is InChI=1S/C23H31NO3S/c1-23(2,3)14-13-17-15-19(21(28-17)22(26)27-4)24-18(11-8-12-20(24)25)16-9-6-5-7-10-16/h15-16,18H,5-12H2,1-4H3. The van der Waals surface area contributed by atoms with Crippen LogP contribution in [0.25, 0.3) is 0 Å². The van der Waals surface area contributed by atoms with Gasteiger partial charge in [0, 0.05) is 17.9 Å². The highest BCUT2D eigenvalue weighted by Gasteiger charge is 2.38. The topological polar surface area (TPSA) is 46.6 Å². The van der Waals surface area contributed by atoms with E-state index < -0.39 is 0 Å². The second-order valence-corrected chi connectivity index (χ2v) is 9.99. The lowest BCUT2D eigenvalue weighted by Gasteiger charge is -2.41. The minimum absolute atomic E-state index is 0.124. The van der Waals surface area contributed by atoms with Crippen LogP contribution in [0.3, 0.4) is 0 Å². The predicted octanol–water partition coefficient (Wildman–Crippen LogP) is 5.40. The summed E-state index contributed by atoms with van der Waals surface area (Å²) in [4.78, 5) is 28.7. The van der Waals surface area contributed by atoms with Gasteiger partial charge in [-0.3, -0.25) is 4.79 Å². The van der Waals surface area contributed by atoms with Crippen molar-refractivity contribution in [1.29, 1.82) is 0 Å². The molecule has 1 unspecified atom stereocenters. The van der Waals surface area contributed by atoms with Crippen LogP contribution in [0.1, 0.15) is 86.7 Å². The molecule has 0 aromatic carbocycles. The quantitative estimate of drug-likeness (QED) is 0.503. The molecule has 1 saturated carbocycles. The zero-order valence-corrected chi connectivity index (χ0v) is 18.3. The van der Waals surface area contributed by atoms with E-state index in [2.05, 4.69) is 32.6 Å². The van der Waals surface area contributed by atoms with Gasteiger partial charge in [-0.1, -0.05) is 31.1 Å². The van der Waals surface area contributed by atoms with Crippen molar-refractivity contribution >= 4 is 28.9 Å². The fourth-order valence-electron chi connectivity index (χ4n) is 4.29. The maximum absolute atomic E-state index is 13.0. The Bertz CT molecular complexity index is 787. The molecular weight excluding hydrogens is 370 g/mol. The number of anilines is 1. The number of esters is 1. The minimum atomic E-state index is -0.385. The lowest BCUT2D eigenvalue weighted by Crippen LogP contribution is -2.48. The number of carbonyl (C=O) groups excluding carboxylic acids is 2. The molecule has 5 heteroatoms. The van der Waals surface area contributed by atoms with Crippen LogP contribution >= 0.6 is 11.3 Å². The molecule has 2 fully saturated rings. The molecule has 0 bridgehead atoms. The van der Waals surface area contributed by atoms with Crippen LogP contribution < -0.4 is 4.90 Å². The van der Waals surface area contributed by atoms with Crippen molar-refractivity contribution in [3.63, 3.8) is 0 Å². The SMILES string of the molecule is COC(=O)c1sc(C#CC(C)(C)C)cc1N1C(=O)CCCC1C1CCCCC1. The van der Waals surface area contributed by atoms with E-state index in [9.17, 15) is 9.59 Å². The molecule has 1 saturated heterocycles. The van der Waals surface area contributed by atoms with Gasteiger partial charge in [0.05, 0.1) is 17.7 Å². The molecule has 152 valence electrons. The Kier molecular flexibility index (Phi) is 6.50. The highest BCUT2D eigenvalue weighted by atomic mass is 32.1. The molecule has 1 atom stereocenters. The van der Waals surface area contributed by atoms with Crippen LogP contribution in [0.4, 0.5) is 5.69 Å². The molecule has 1 aromatic rings. The van der Waals surface area contributed by atoms with Crippen LogP contribution in [-0.2, 0) is 9.53 Å². The van der Waals surface area contributed by atoms with Gasteiger partial charge in [-0.25, -0.2) is 4.79 Å². The van der Waals surface area contributed by atoms with E-state index in [0.29, 0.717) is 22.9 Å². The Labute approximate surface area is 172 Å². The summed E-state index contributed by atoms with van der Waals surface area (Å²) in [6.45, 7) is 6.18. The first kappa shape index (κ1) is 20.9. The molecule has 1 aliphatic heterocycles. The third kappa shape index (κ3) is 4.78. The Morgan fingerprint density at radius 3 is 2.54 bits per heavy atom. The van der Waals surface area contributed by atoms with E-state index in [4.69, 9.17) is 4.74 Å². The van der Waals surface area contributed by atoms with Gasteiger partial charge in [0.2, 0.25) is 5.91 Å². The first-order valence-electron chi connectivity index (χ1n) is 10.4. The second-order valence-electron chi connectivity index (χ2n) is 8.94. The summed E-state index contributed by atoms with van der Waals surface area (Å²) in [7, 11) is 1.39. The molecule has 1 amide bonds. The number of thiophene rings is 1. The van der Waals surface area contributed by atoms with E-state index in [1.165, 1.54) is 50.6 Å². The fraction of sp³-hybridized carbons (Fsp3) is 0.652. The highest BCUT2D eigenvalue weighted by molar-refractivity contribution is 7.15. The molecular formula is C23H31NO3S. The van der Waals surface area contributed by atoms with Gasteiger partial charge in [-0.15, -0.1) is 11.3 Å². The second kappa shape index (κ2) is 8.69. The summed E-state index contributed by atoms with van der Waals surface area (Å²) < 4.78 is 5.03. The molecule has 28 heavy (non-hydrogen) atoms. The van der Waals surface area contributed by atoms with Crippen molar-refractivity contribution in [3.05, 3.63) is 15.8 Å². The number of methoxy groups -OCH3 is 1. The van der Waals surface area contributed by atoms with E-state index in [-0.39, 0.29) is 23.3 Å². The van der Waals surface area contributed by atoms with E-state index in [0.717, 1.165) is 17.7 Å². The molecule has 4 nitrogen and oxygen atoms in total. The first-order valence-corrected chi connectivity index (χ1v) is 11.2. The van der Waals surface area contributed by atoms with Crippen LogP contribution in [0.15, 0.2) is 6.07 Å². The average molecular weight is 402 g/mol. The van der Waals surface area contributed by atoms with Gasteiger partial charge in [0.25, 0.3) is 0 Å². The Morgan fingerprint density at radius 1 is 1.18 bits per heavy atom. The van der Waals surface area contributed by atoms with Crippen LogP contribution in [0, 0.1) is 23.2 Å². The van der Waals surface area contributed by atoms with E-state index >= 15 is 0 Å². The third-order valence-electron chi connectivity index (χ3n) is 5.59. The lowest BCUT2D eigenvalue weighted by molar-refractivity contribution is -0.120. The summed E-state index contributed by atoms with van der Waals surface area (Å²) in [5.41, 5.74) is 0.580. The molecule has 1 aliphatic carbocycles. The van der Waals surface area contributed by atoms with Gasteiger partial charge in [0.15, 0.2) is 0 Å². The lowest BCUT2D eigenvalue weighted by atomic mass is 9.79. The third-order valence-corrected chi connectivity index (χ3v) is 6.61. The number of rotatable bonds is 3. The number of amides is 1. The summed E-state index contributed by atoms with van der Waals surface area (Å²) in [5.74, 6) is 6.69. The molecule has 1 aromatic heterocycles. The van der Waals surface area contributed by atoms with Crippen LogP contribution in [0.2, 0.25) is 0 Å². The van der Waals surface area contributed by atoms with Gasteiger partial charge >= 0.3 is 5.97 Å². The highest BCUT2D eigenvalue weighted by Crippen LogP contribution is 2.40. The number of hydrogen-bond donors (Lipinski definition) is 0. The maximum atomic E-state index is 13.0. The van der Waals surface area contributed by atoms with Crippen molar-refractivity contribution in [3.8, 4) is 11.8 Å². The van der Waals surface area contributed by atoms with E-state index in [1.54, 1.807) is 0 Å². The number of piperidine rings is 1. The molecule has 2 heterocycles. The van der Waals surface area contributed by atoms with Gasteiger partial charge in [-0.2, -0.15) is 0 Å². The number of carbonyl (C=O) groups is 2. The fourth-order valence-corrected chi connectivity index (χ4v) is 5.21. The molecule has 0 spiro atoms. The number of hydrogen-bond acceptors (Lipinski definition) is 4. The van der Waals surface area contributed by atoms with Crippen molar-refractivity contribution < 1.29 is 14.3 Å². The Hall–Kier alpha value is -1.80. The van der Waals surface area contributed by atoms with Crippen LogP contribution in [-0.4, -0.2) is 25.0 Å². The van der Waals surface area contributed by atoms with Crippen molar-refractivity contribution in [1.82, 2.24) is 0 Å². The monoisotopic (exact) mass is 401 g/mol. The largest absolute Gasteiger partial charge is 0.465 e. The molecule has 0 N–H and O–H groups in total. The first-order chi connectivity index (χ1) is 13.3. The summed E-state index contributed by atoms with van der Waals surface area (Å²) in [6.07, 6.45) is 8.59. The molecule has 3 rings (SSSR count). The van der Waals surface area contributed by atoms with Gasteiger partial charge in [0.1, 0.15) is 4.88 Å².